The molecule has 2 aliphatic rings. The molecule has 4 rings (SSSR count). The molecule has 2 aliphatic carbocycles. The van der Waals surface area contributed by atoms with Crippen molar-refractivity contribution in [3.63, 3.8) is 0 Å². The van der Waals surface area contributed by atoms with Crippen LogP contribution in [0.2, 0.25) is 0 Å². The third-order valence-electron chi connectivity index (χ3n) is 5.89. The highest BCUT2D eigenvalue weighted by molar-refractivity contribution is 7.77. The third kappa shape index (κ3) is 4.10. The molecule has 0 spiro atoms. The number of aliphatic hydroxyl groups is 1. The summed E-state index contributed by atoms with van der Waals surface area (Å²) in [5.74, 6) is 0. The van der Waals surface area contributed by atoms with E-state index >= 15 is 0 Å². The van der Waals surface area contributed by atoms with Crippen molar-refractivity contribution in [2.75, 3.05) is 10.0 Å². The second-order valence-electron chi connectivity index (χ2n) is 9.15. The monoisotopic (exact) mass is 448 g/mol. The Kier molecular flexibility index (Phi) is 5.40. The lowest BCUT2D eigenvalue weighted by atomic mass is 9.90. The molecule has 0 radical (unpaired) electrons. The summed E-state index contributed by atoms with van der Waals surface area (Å²) in [7, 11) is -2.32. The lowest BCUT2D eigenvalue weighted by Crippen LogP contribution is -2.17. The average molecular weight is 449 g/mol. The van der Waals surface area contributed by atoms with Gasteiger partial charge in [0, 0.05) is 11.1 Å². The highest BCUT2D eigenvalue weighted by Gasteiger charge is 2.36. The van der Waals surface area contributed by atoms with Gasteiger partial charge < -0.3 is 10.4 Å². The number of aryl methyl sites for hydroxylation is 1. The van der Waals surface area contributed by atoms with Crippen LogP contribution in [0.5, 0.6) is 0 Å². The first-order chi connectivity index (χ1) is 14.0. The fourth-order valence-electron chi connectivity index (χ4n) is 4.18. The lowest BCUT2D eigenvalue weighted by Gasteiger charge is -2.20. The number of nitrogens with zero attached hydrogens (tertiary/aromatic N) is 2. The zero-order chi connectivity index (χ0) is 21.7. The molecule has 2 heterocycles. The number of aromatic nitrogens is 1. The Morgan fingerprint density at radius 2 is 2.07 bits per heavy atom. The summed E-state index contributed by atoms with van der Waals surface area (Å²) in [5, 5.41) is 15.4. The van der Waals surface area contributed by atoms with Crippen LogP contribution in [0.25, 0.3) is 0 Å². The van der Waals surface area contributed by atoms with Crippen LogP contribution in [0.4, 0.5) is 15.5 Å². The van der Waals surface area contributed by atoms with E-state index in [0.717, 1.165) is 60.3 Å². The van der Waals surface area contributed by atoms with Crippen LogP contribution in [-0.2, 0) is 41.1 Å². The maximum Gasteiger partial charge on any atom is 0.354 e. The van der Waals surface area contributed by atoms with Gasteiger partial charge in [-0.05, 0) is 74.1 Å². The van der Waals surface area contributed by atoms with Gasteiger partial charge >= 0.3 is 6.03 Å². The molecule has 0 aliphatic heterocycles. The van der Waals surface area contributed by atoms with Crippen LogP contribution in [-0.4, -0.2) is 20.3 Å². The molecule has 162 valence electrons. The predicted octanol–water partition coefficient (Wildman–Crippen LogP) is 4.31. The van der Waals surface area contributed by atoms with E-state index in [4.69, 9.17) is 4.98 Å². The number of rotatable bonds is 4. The van der Waals surface area contributed by atoms with Crippen molar-refractivity contribution in [2.24, 2.45) is 4.36 Å². The summed E-state index contributed by atoms with van der Waals surface area (Å²) in [6.45, 7) is 7.74. The van der Waals surface area contributed by atoms with Crippen LogP contribution < -0.4 is 10.0 Å². The second kappa shape index (κ2) is 7.62. The molecule has 0 bridgehead atoms. The van der Waals surface area contributed by atoms with E-state index in [1.54, 1.807) is 25.3 Å². The summed E-state index contributed by atoms with van der Waals surface area (Å²) in [5.41, 5.74) is 4.90. The van der Waals surface area contributed by atoms with Crippen molar-refractivity contribution in [1.82, 2.24) is 4.98 Å². The topological polar surface area (TPSA) is 104 Å². The van der Waals surface area contributed by atoms with Gasteiger partial charge in [0.2, 0.25) is 0 Å². The van der Waals surface area contributed by atoms with E-state index < -0.39 is 22.4 Å². The number of urea groups is 1. The summed E-state index contributed by atoms with van der Waals surface area (Å²) in [6, 6.07) is 1.10. The minimum atomic E-state index is -2.32. The first kappa shape index (κ1) is 21.3. The number of thiophene rings is 1. The Hall–Kier alpha value is -1.97. The van der Waals surface area contributed by atoms with Crippen molar-refractivity contribution in [2.45, 2.75) is 70.8 Å². The van der Waals surface area contributed by atoms with E-state index in [9.17, 15) is 14.1 Å². The number of hydrogen-bond donors (Lipinski definition) is 4. The number of hydrogen-bond acceptors (Lipinski definition) is 5. The van der Waals surface area contributed by atoms with Crippen LogP contribution in [0.3, 0.4) is 0 Å². The minimum Gasteiger partial charge on any atom is -0.386 e. The van der Waals surface area contributed by atoms with E-state index in [-0.39, 0.29) is 5.41 Å². The molecule has 0 fully saturated rings. The molecule has 1 unspecified atom stereocenters. The zero-order valence-corrected chi connectivity index (χ0v) is 19.4. The van der Waals surface area contributed by atoms with Crippen LogP contribution >= 0.6 is 11.3 Å². The van der Waals surface area contributed by atoms with Crippen LogP contribution in [0, 0.1) is 0 Å². The highest BCUT2D eigenvalue weighted by atomic mass is 32.2. The lowest BCUT2D eigenvalue weighted by molar-refractivity contribution is 0.0791. The molecule has 9 heteroatoms. The number of carbonyl (C=O) groups is 1. The quantitative estimate of drug-likeness (QED) is 0.523. The fourth-order valence-corrected chi connectivity index (χ4v) is 5.95. The number of carbonyl (C=O) groups excluding carboxylic acids is 1. The van der Waals surface area contributed by atoms with Crippen molar-refractivity contribution in [1.29, 1.82) is 0 Å². The molecule has 7 nitrogen and oxygen atoms in total. The molecular weight excluding hydrogens is 420 g/mol. The van der Waals surface area contributed by atoms with Crippen molar-refractivity contribution in [3.05, 3.63) is 39.5 Å². The van der Waals surface area contributed by atoms with E-state index in [1.165, 1.54) is 11.3 Å². The molecule has 0 saturated carbocycles. The SMILES string of the molecule is CC(C)(O)c1csc(N/[SH](=O)=N\C(=O)Nc2c3c(nc4c2CCC4(C)C)CCC3)c1. The van der Waals surface area contributed by atoms with Crippen molar-refractivity contribution in [3.8, 4) is 0 Å². The first-order valence-corrected chi connectivity index (χ1v) is 12.3. The molecule has 2 aromatic heterocycles. The van der Waals surface area contributed by atoms with E-state index in [2.05, 4.69) is 28.2 Å². The molecule has 3 N–H and O–H groups in total. The van der Waals surface area contributed by atoms with Crippen molar-refractivity contribution < 1.29 is 14.1 Å². The van der Waals surface area contributed by atoms with Gasteiger partial charge in [-0.1, -0.05) is 13.8 Å². The van der Waals surface area contributed by atoms with Gasteiger partial charge in [-0.3, -0.25) is 9.71 Å². The molecular formula is C21H28N4O3S2. The maximum absolute atomic E-state index is 12.6. The van der Waals surface area contributed by atoms with Gasteiger partial charge in [0.05, 0.1) is 17.0 Å². The Morgan fingerprint density at radius 1 is 1.30 bits per heavy atom. The van der Waals surface area contributed by atoms with Gasteiger partial charge in [-0.15, -0.1) is 15.7 Å². The van der Waals surface area contributed by atoms with Crippen molar-refractivity contribution >= 4 is 38.8 Å². The largest absolute Gasteiger partial charge is 0.386 e. The molecule has 0 aromatic carbocycles. The normalized spacial score (nSPS) is 18.2. The number of amides is 2. The third-order valence-corrected chi connectivity index (χ3v) is 7.68. The fraction of sp³-hybridized carbons (Fsp3) is 0.524. The Balaban J connectivity index is 1.55. The number of nitrogens with one attached hydrogen (secondary N) is 2. The van der Waals surface area contributed by atoms with Crippen LogP contribution in [0.1, 0.15) is 68.6 Å². The predicted molar refractivity (Wildman–Crippen MR) is 122 cm³/mol. The molecule has 2 aromatic rings. The first-order valence-electron chi connectivity index (χ1n) is 10.2. The second-order valence-corrected chi connectivity index (χ2v) is 11.0. The molecule has 0 saturated heterocycles. The van der Waals surface area contributed by atoms with Gasteiger partial charge in [-0.2, -0.15) is 0 Å². The van der Waals surface area contributed by atoms with E-state index in [1.807, 2.05) is 0 Å². The molecule has 2 amide bonds. The minimum absolute atomic E-state index is 0.00631. The zero-order valence-electron chi connectivity index (χ0n) is 17.7. The van der Waals surface area contributed by atoms with Gasteiger partial charge in [0.1, 0.15) is 15.8 Å². The highest BCUT2D eigenvalue weighted by Crippen LogP contribution is 2.44. The van der Waals surface area contributed by atoms with Crippen LogP contribution in [0.15, 0.2) is 15.8 Å². The summed E-state index contributed by atoms with van der Waals surface area (Å²) in [6.07, 6.45) is 4.72. The Bertz CT molecular complexity index is 1090. The van der Waals surface area contributed by atoms with Gasteiger partial charge in [0.15, 0.2) is 0 Å². The number of fused-ring (bicyclic) bond motifs is 2. The number of thiol groups is 1. The summed E-state index contributed by atoms with van der Waals surface area (Å²) in [4.78, 5) is 17.5. The van der Waals surface area contributed by atoms with E-state index in [0.29, 0.717) is 10.6 Å². The summed E-state index contributed by atoms with van der Waals surface area (Å²) < 4.78 is 18.9. The molecule has 1 atom stereocenters. The average Bonchev–Trinajstić information content (AvgIpc) is 3.34. The van der Waals surface area contributed by atoms with Gasteiger partial charge in [0.25, 0.3) is 0 Å². The molecule has 30 heavy (non-hydrogen) atoms. The Morgan fingerprint density at radius 3 is 2.77 bits per heavy atom. The maximum atomic E-state index is 12.6. The number of anilines is 2. The smallest absolute Gasteiger partial charge is 0.354 e. The standard InChI is InChI=1S/C21H28N4O3S2/c1-20(2)9-8-14-17(13-6-5-7-15(13)22-18(14)20)23-19(26)25-30(28)24-16-10-12(11-29-16)21(3,4)27/h10-11,27,30H,5-9H2,1-4H3,(H2,22,23,24,25,26,28). The summed E-state index contributed by atoms with van der Waals surface area (Å²) >= 11 is 1.31. The Labute approximate surface area is 182 Å². The number of pyridine rings is 1. The van der Waals surface area contributed by atoms with Gasteiger partial charge in [-0.25, -0.2) is 9.00 Å².